The topological polar surface area (TPSA) is 74.6 Å². The van der Waals surface area contributed by atoms with Crippen molar-refractivity contribution in [2.45, 2.75) is 4.83 Å². The molecule has 4 nitrogen and oxygen atoms in total. The third-order valence-electron chi connectivity index (χ3n) is 1.81. The molecule has 0 aliphatic heterocycles. The van der Waals surface area contributed by atoms with Crippen molar-refractivity contribution in [3.05, 3.63) is 33.3 Å². The van der Waals surface area contributed by atoms with Crippen LogP contribution in [0.1, 0.15) is 20.7 Å². The Kier molecular flexibility index (Phi) is 4.18. The van der Waals surface area contributed by atoms with Gasteiger partial charge in [-0.2, -0.15) is 0 Å². The molecular weight excluding hydrogens is 323 g/mol. The number of carboxylic acid groups (broad SMARTS) is 2. The first-order chi connectivity index (χ1) is 7.34. The summed E-state index contributed by atoms with van der Waals surface area (Å²) in [5.41, 5.74) is -0.145. The number of carboxylic acids is 2. The fourth-order valence-electron chi connectivity index (χ4n) is 1.09. The second kappa shape index (κ2) is 5.03. The zero-order valence-corrected chi connectivity index (χ0v) is 10.7. The predicted molar refractivity (Wildman–Crippen MR) is 62.7 cm³/mol. The lowest BCUT2D eigenvalue weighted by Gasteiger charge is -2.10. The van der Waals surface area contributed by atoms with Gasteiger partial charge in [-0.05, 0) is 17.7 Å². The minimum absolute atomic E-state index is 0.0504. The molecule has 0 fully saturated rings. The lowest BCUT2D eigenvalue weighted by atomic mass is 10.0. The summed E-state index contributed by atoms with van der Waals surface area (Å²) in [6, 6.07) is 2.35. The highest BCUT2D eigenvalue weighted by atomic mass is 79.9. The van der Waals surface area contributed by atoms with Crippen LogP contribution >= 0.6 is 39.1 Å². The molecule has 0 bridgehead atoms. The molecule has 1 aromatic carbocycles. The SMILES string of the molecule is O=C(O)c1cc(Cl)c(Cl)cc1C(Br)C(=O)O. The number of alkyl halides is 1. The van der Waals surface area contributed by atoms with Gasteiger partial charge in [0.1, 0.15) is 4.83 Å². The van der Waals surface area contributed by atoms with E-state index in [1.165, 1.54) is 6.07 Å². The summed E-state index contributed by atoms with van der Waals surface area (Å²) in [7, 11) is 0. The van der Waals surface area contributed by atoms with Gasteiger partial charge >= 0.3 is 11.9 Å². The van der Waals surface area contributed by atoms with Crippen molar-refractivity contribution >= 4 is 51.1 Å². The van der Waals surface area contributed by atoms with E-state index in [0.717, 1.165) is 6.07 Å². The standard InChI is InChI=1S/C9H5BrCl2O4/c10-7(9(15)16)3-1-5(11)6(12)2-4(3)8(13)14/h1-2,7H,(H,13,14)(H,15,16). The molecule has 0 saturated heterocycles. The molecule has 0 heterocycles. The Balaban J connectivity index is 3.41. The van der Waals surface area contributed by atoms with Crippen molar-refractivity contribution in [1.29, 1.82) is 0 Å². The highest BCUT2D eigenvalue weighted by molar-refractivity contribution is 9.09. The molecule has 1 rings (SSSR count). The van der Waals surface area contributed by atoms with E-state index in [0.29, 0.717) is 0 Å². The third kappa shape index (κ3) is 2.66. The largest absolute Gasteiger partial charge is 0.480 e. The first-order valence-corrected chi connectivity index (χ1v) is 5.61. The number of halogens is 3. The van der Waals surface area contributed by atoms with E-state index in [1.807, 2.05) is 0 Å². The number of aromatic carboxylic acids is 1. The Morgan fingerprint density at radius 1 is 1.19 bits per heavy atom. The van der Waals surface area contributed by atoms with Crippen molar-refractivity contribution in [1.82, 2.24) is 0 Å². The van der Waals surface area contributed by atoms with Gasteiger partial charge in [0.25, 0.3) is 0 Å². The molecule has 0 saturated carbocycles. The lowest BCUT2D eigenvalue weighted by Crippen LogP contribution is -2.10. The summed E-state index contributed by atoms with van der Waals surface area (Å²) in [4.78, 5) is 20.5. The Labute approximate surface area is 109 Å². The zero-order chi connectivity index (χ0) is 12.5. The smallest absolute Gasteiger partial charge is 0.336 e. The number of carbonyl (C=O) groups is 2. The van der Waals surface area contributed by atoms with Crippen LogP contribution in [0, 0.1) is 0 Å². The quantitative estimate of drug-likeness (QED) is 0.836. The molecule has 7 heteroatoms. The van der Waals surface area contributed by atoms with Crippen LogP contribution in [0.4, 0.5) is 0 Å². The maximum absolute atomic E-state index is 10.9. The van der Waals surface area contributed by atoms with Gasteiger partial charge in [0.15, 0.2) is 0 Å². The second-order valence-corrected chi connectivity index (χ2v) is 4.59. The third-order valence-corrected chi connectivity index (χ3v) is 3.42. The van der Waals surface area contributed by atoms with Gasteiger partial charge in [0.2, 0.25) is 0 Å². The van der Waals surface area contributed by atoms with Crippen molar-refractivity contribution in [3.8, 4) is 0 Å². The van der Waals surface area contributed by atoms with Gasteiger partial charge < -0.3 is 10.2 Å². The van der Waals surface area contributed by atoms with Crippen LogP contribution in [0.2, 0.25) is 10.0 Å². The fourth-order valence-corrected chi connectivity index (χ4v) is 1.80. The Hall–Kier alpha value is -0.780. The molecule has 86 valence electrons. The van der Waals surface area contributed by atoms with Gasteiger partial charge in [-0.1, -0.05) is 39.1 Å². The number of hydrogen-bond donors (Lipinski definition) is 2. The molecule has 0 aromatic heterocycles. The minimum Gasteiger partial charge on any atom is -0.480 e. The van der Waals surface area contributed by atoms with Gasteiger partial charge in [-0.3, -0.25) is 4.79 Å². The molecular formula is C9H5BrCl2O4. The van der Waals surface area contributed by atoms with Gasteiger partial charge in [-0.25, -0.2) is 4.79 Å². The number of hydrogen-bond acceptors (Lipinski definition) is 2. The van der Waals surface area contributed by atoms with Crippen LogP contribution in [0.5, 0.6) is 0 Å². The van der Waals surface area contributed by atoms with Crippen LogP contribution in [0.25, 0.3) is 0 Å². The summed E-state index contributed by atoms with van der Waals surface area (Å²) >= 11 is 14.2. The molecule has 2 N–H and O–H groups in total. The maximum Gasteiger partial charge on any atom is 0.336 e. The van der Waals surface area contributed by atoms with Crippen LogP contribution in [0.3, 0.4) is 0 Å². The summed E-state index contributed by atoms with van der Waals surface area (Å²) in [5.74, 6) is -2.47. The van der Waals surface area contributed by atoms with Crippen molar-refractivity contribution in [2.75, 3.05) is 0 Å². The Morgan fingerprint density at radius 3 is 2.12 bits per heavy atom. The molecule has 0 amide bonds. The first-order valence-electron chi connectivity index (χ1n) is 3.93. The molecule has 1 atom stereocenters. The molecule has 16 heavy (non-hydrogen) atoms. The monoisotopic (exact) mass is 326 g/mol. The second-order valence-electron chi connectivity index (χ2n) is 2.86. The van der Waals surface area contributed by atoms with E-state index in [2.05, 4.69) is 15.9 Å². The molecule has 0 aliphatic rings. The highest BCUT2D eigenvalue weighted by Gasteiger charge is 2.23. The Bertz CT molecular complexity index is 461. The predicted octanol–water partition coefficient (Wildman–Crippen LogP) is 3.21. The summed E-state index contributed by atoms with van der Waals surface area (Å²) in [6.07, 6.45) is 0. The normalized spacial score (nSPS) is 12.2. The van der Waals surface area contributed by atoms with Crippen LogP contribution < -0.4 is 0 Å². The maximum atomic E-state index is 10.9. The molecule has 0 spiro atoms. The highest BCUT2D eigenvalue weighted by Crippen LogP contribution is 2.33. The molecule has 0 aliphatic carbocycles. The van der Waals surface area contributed by atoms with Gasteiger partial charge in [0.05, 0.1) is 15.6 Å². The zero-order valence-electron chi connectivity index (χ0n) is 7.58. The van der Waals surface area contributed by atoms with E-state index in [-0.39, 0.29) is 21.2 Å². The fraction of sp³-hybridized carbons (Fsp3) is 0.111. The average Bonchev–Trinajstić information content (AvgIpc) is 2.19. The summed E-state index contributed by atoms with van der Waals surface area (Å²) in [6.45, 7) is 0. The summed E-state index contributed by atoms with van der Waals surface area (Å²) < 4.78 is 0. The van der Waals surface area contributed by atoms with Crippen LogP contribution in [-0.2, 0) is 4.79 Å². The van der Waals surface area contributed by atoms with E-state index < -0.39 is 16.8 Å². The van der Waals surface area contributed by atoms with Gasteiger partial charge in [0, 0.05) is 0 Å². The number of benzene rings is 1. The molecule has 1 unspecified atom stereocenters. The van der Waals surface area contributed by atoms with E-state index in [1.54, 1.807) is 0 Å². The molecule has 1 aromatic rings. The van der Waals surface area contributed by atoms with E-state index >= 15 is 0 Å². The van der Waals surface area contributed by atoms with Crippen LogP contribution in [0.15, 0.2) is 12.1 Å². The average molecular weight is 328 g/mol. The van der Waals surface area contributed by atoms with Crippen molar-refractivity contribution in [2.24, 2.45) is 0 Å². The summed E-state index contributed by atoms with van der Waals surface area (Å²) in [5, 5.41) is 17.8. The van der Waals surface area contributed by atoms with Crippen molar-refractivity contribution < 1.29 is 19.8 Å². The first kappa shape index (κ1) is 13.3. The lowest BCUT2D eigenvalue weighted by molar-refractivity contribution is -0.136. The van der Waals surface area contributed by atoms with E-state index in [4.69, 9.17) is 33.4 Å². The number of aliphatic carboxylic acids is 1. The van der Waals surface area contributed by atoms with Gasteiger partial charge in [-0.15, -0.1) is 0 Å². The molecule has 0 radical (unpaired) electrons. The number of rotatable bonds is 3. The minimum atomic E-state index is -1.26. The van der Waals surface area contributed by atoms with E-state index in [9.17, 15) is 9.59 Å². The van der Waals surface area contributed by atoms with Crippen molar-refractivity contribution in [3.63, 3.8) is 0 Å². The Morgan fingerprint density at radius 2 is 1.69 bits per heavy atom. The van der Waals surface area contributed by atoms with Crippen LogP contribution in [-0.4, -0.2) is 22.2 Å².